The van der Waals surface area contributed by atoms with E-state index in [2.05, 4.69) is 0 Å². The van der Waals surface area contributed by atoms with Crippen molar-refractivity contribution in [1.82, 2.24) is 4.90 Å². The predicted octanol–water partition coefficient (Wildman–Crippen LogP) is 1.66. The third-order valence-electron chi connectivity index (χ3n) is 3.59. The summed E-state index contributed by atoms with van der Waals surface area (Å²) in [6.45, 7) is 3.70. The Kier molecular flexibility index (Phi) is 10.1. The number of carbonyl (C=O) groups excluding carboxylic acids is 3. The molecule has 0 radical (unpaired) electrons. The van der Waals surface area contributed by atoms with Gasteiger partial charge in [-0.1, -0.05) is 6.42 Å². The highest BCUT2D eigenvalue weighted by Crippen LogP contribution is 2.25. The molecule has 1 aliphatic rings. The van der Waals surface area contributed by atoms with Crippen LogP contribution < -0.4 is 0 Å². The maximum Gasteiger partial charge on any atom is 0.242 e. The second-order valence-corrected chi connectivity index (χ2v) is 6.88. The van der Waals surface area contributed by atoms with Crippen molar-refractivity contribution < 1.29 is 23.9 Å². The van der Waals surface area contributed by atoms with Gasteiger partial charge in [0.25, 0.3) is 0 Å². The Morgan fingerprint density at radius 2 is 2.00 bits per heavy atom. The molecule has 1 unspecified atom stereocenters. The lowest BCUT2D eigenvalue weighted by atomic mass is 10.1. The number of unbranched alkanes of at least 4 members (excludes halogenated alkanes) is 2. The van der Waals surface area contributed by atoms with E-state index in [1.807, 2.05) is 0 Å². The quantitative estimate of drug-likeness (QED) is 0.373. The fourth-order valence-electron chi connectivity index (χ4n) is 2.33. The van der Waals surface area contributed by atoms with Gasteiger partial charge in [-0.2, -0.15) is 0 Å². The van der Waals surface area contributed by atoms with E-state index in [9.17, 15) is 14.4 Å². The average Bonchev–Trinajstić information content (AvgIpc) is 2.77. The van der Waals surface area contributed by atoms with Gasteiger partial charge in [-0.15, -0.1) is 11.8 Å². The van der Waals surface area contributed by atoms with Crippen LogP contribution in [0.3, 0.4) is 0 Å². The average molecular weight is 345 g/mol. The number of hydrogen-bond acceptors (Lipinski definition) is 6. The molecule has 0 aromatic heterocycles. The van der Waals surface area contributed by atoms with Gasteiger partial charge in [-0.05, 0) is 19.8 Å². The van der Waals surface area contributed by atoms with Gasteiger partial charge >= 0.3 is 0 Å². The second-order valence-electron chi connectivity index (χ2n) is 5.57. The minimum atomic E-state index is -0.272. The lowest BCUT2D eigenvalue weighted by Gasteiger charge is -2.14. The van der Waals surface area contributed by atoms with Crippen LogP contribution in [0.4, 0.5) is 0 Å². The Morgan fingerprint density at radius 1 is 1.22 bits per heavy atom. The number of ether oxygens (including phenoxy) is 2. The zero-order valence-electron chi connectivity index (χ0n) is 14.0. The summed E-state index contributed by atoms with van der Waals surface area (Å²) < 4.78 is 10.2. The van der Waals surface area contributed by atoms with Crippen LogP contribution in [0.25, 0.3) is 0 Å². The summed E-state index contributed by atoms with van der Waals surface area (Å²) >= 11 is 1.48. The van der Waals surface area contributed by atoms with E-state index >= 15 is 0 Å². The first-order chi connectivity index (χ1) is 11.1. The van der Waals surface area contributed by atoms with Crippen molar-refractivity contribution in [2.45, 2.75) is 44.3 Å². The SMILES string of the molecule is COCCOCCSC1CC(=O)N(CCCCCC(C)=O)C1=O. The van der Waals surface area contributed by atoms with Crippen LogP contribution in [0, 0.1) is 0 Å². The first kappa shape index (κ1) is 20.1. The summed E-state index contributed by atoms with van der Waals surface area (Å²) in [6, 6.07) is 0. The van der Waals surface area contributed by atoms with Gasteiger partial charge in [0.05, 0.1) is 25.1 Å². The first-order valence-corrected chi connectivity index (χ1v) is 9.13. The van der Waals surface area contributed by atoms with E-state index in [1.165, 1.54) is 16.7 Å². The van der Waals surface area contributed by atoms with Gasteiger partial charge in [-0.25, -0.2) is 0 Å². The summed E-state index contributed by atoms with van der Waals surface area (Å²) in [6.07, 6.45) is 3.31. The molecule has 0 aromatic rings. The zero-order valence-corrected chi connectivity index (χ0v) is 14.9. The molecule has 0 N–H and O–H groups in total. The number of likely N-dealkylation sites (tertiary alicyclic amines) is 1. The molecule has 1 heterocycles. The second kappa shape index (κ2) is 11.6. The van der Waals surface area contributed by atoms with Crippen molar-refractivity contribution in [2.75, 3.05) is 39.2 Å². The summed E-state index contributed by atoms with van der Waals surface area (Å²) in [5.74, 6) is 0.713. The normalized spacial score (nSPS) is 18.0. The van der Waals surface area contributed by atoms with Crippen LogP contribution in [0.2, 0.25) is 0 Å². The topological polar surface area (TPSA) is 72.9 Å². The highest BCUT2D eigenvalue weighted by atomic mass is 32.2. The number of imide groups is 1. The van der Waals surface area contributed by atoms with E-state index in [0.717, 1.165) is 19.3 Å². The molecule has 0 spiro atoms. The zero-order chi connectivity index (χ0) is 17.1. The van der Waals surface area contributed by atoms with Gasteiger partial charge in [0.15, 0.2) is 0 Å². The van der Waals surface area contributed by atoms with Crippen molar-refractivity contribution in [3.05, 3.63) is 0 Å². The third kappa shape index (κ3) is 7.94. The van der Waals surface area contributed by atoms with Crippen LogP contribution in [-0.4, -0.2) is 67.0 Å². The largest absolute Gasteiger partial charge is 0.382 e. The van der Waals surface area contributed by atoms with Crippen LogP contribution in [0.1, 0.15) is 39.0 Å². The van der Waals surface area contributed by atoms with Crippen LogP contribution in [0.5, 0.6) is 0 Å². The maximum absolute atomic E-state index is 12.2. The standard InChI is InChI=1S/C16H27NO5S/c1-13(18)6-4-3-5-7-17-15(19)12-14(16(17)20)23-11-10-22-9-8-21-2/h14H,3-12H2,1-2H3. The van der Waals surface area contributed by atoms with E-state index in [4.69, 9.17) is 9.47 Å². The van der Waals surface area contributed by atoms with E-state index in [1.54, 1.807) is 14.0 Å². The molecular weight excluding hydrogens is 318 g/mol. The van der Waals surface area contributed by atoms with Crippen molar-refractivity contribution in [1.29, 1.82) is 0 Å². The highest BCUT2D eigenvalue weighted by molar-refractivity contribution is 8.00. The number of rotatable bonds is 13. The fourth-order valence-corrected chi connectivity index (χ4v) is 3.36. The number of nitrogens with zero attached hydrogens (tertiary/aromatic N) is 1. The molecule has 0 aromatic carbocycles. The molecule has 6 nitrogen and oxygen atoms in total. The number of Topliss-reactive ketones (excluding diaryl/α,β-unsaturated/α-hetero) is 1. The molecule has 1 rings (SSSR count). The van der Waals surface area contributed by atoms with Crippen molar-refractivity contribution in [3.63, 3.8) is 0 Å². The van der Waals surface area contributed by atoms with E-state index < -0.39 is 0 Å². The number of amides is 2. The molecule has 2 amide bonds. The van der Waals surface area contributed by atoms with Gasteiger partial charge in [0, 0.05) is 32.2 Å². The molecular formula is C16H27NO5S. The van der Waals surface area contributed by atoms with Gasteiger partial charge in [0.1, 0.15) is 5.78 Å². The lowest BCUT2D eigenvalue weighted by molar-refractivity contribution is -0.138. The molecule has 0 bridgehead atoms. The molecule has 0 saturated carbocycles. The fraction of sp³-hybridized carbons (Fsp3) is 0.812. The van der Waals surface area contributed by atoms with Crippen molar-refractivity contribution >= 4 is 29.4 Å². The molecule has 7 heteroatoms. The molecule has 0 aliphatic carbocycles. The number of ketones is 1. The summed E-state index contributed by atoms with van der Waals surface area (Å²) in [5, 5.41) is -0.272. The van der Waals surface area contributed by atoms with Crippen LogP contribution >= 0.6 is 11.8 Å². The highest BCUT2D eigenvalue weighted by Gasteiger charge is 2.38. The molecule has 1 fully saturated rings. The third-order valence-corrected chi connectivity index (χ3v) is 4.76. The number of hydrogen-bond donors (Lipinski definition) is 0. The Bertz CT molecular complexity index is 402. The molecule has 1 atom stereocenters. The van der Waals surface area contributed by atoms with Crippen LogP contribution in [-0.2, 0) is 23.9 Å². The number of thioether (sulfide) groups is 1. The lowest BCUT2D eigenvalue weighted by Crippen LogP contribution is -2.32. The minimum absolute atomic E-state index is 0.0801. The number of methoxy groups -OCH3 is 1. The maximum atomic E-state index is 12.2. The monoisotopic (exact) mass is 345 g/mol. The summed E-state index contributed by atoms with van der Waals surface area (Å²) in [5.41, 5.74) is 0. The Balaban J connectivity index is 2.18. The first-order valence-electron chi connectivity index (χ1n) is 8.08. The number of carbonyl (C=O) groups is 3. The molecule has 1 aliphatic heterocycles. The van der Waals surface area contributed by atoms with E-state index in [0.29, 0.717) is 38.5 Å². The summed E-state index contributed by atoms with van der Waals surface area (Å²) in [4.78, 5) is 36.4. The Labute approximate surface area is 142 Å². The molecule has 132 valence electrons. The summed E-state index contributed by atoms with van der Waals surface area (Å²) in [7, 11) is 1.62. The molecule has 1 saturated heterocycles. The van der Waals surface area contributed by atoms with Gasteiger partial charge in [-0.3, -0.25) is 14.5 Å². The van der Waals surface area contributed by atoms with Crippen molar-refractivity contribution in [3.8, 4) is 0 Å². The van der Waals surface area contributed by atoms with E-state index in [-0.39, 0.29) is 29.3 Å². The van der Waals surface area contributed by atoms with Crippen molar-refractivity contribution in [2.24, 2.45) is 0 Å². The molecule has 23 heavy (non-hydrogen) atoms. The minimum Gasteiger partial charge on any atom is -0.382 e. The predicted molar refractivity (Wildman–Crippen MR) is 89.4 cm³/mol. The van der Waals surface area contributed by atoms with Gasteiger partial charge in [0.2, 0.25) is 11.8 Å². The van der Waals surface area contributed by atoms with Crippen LogP contribution in [0.15, 0.2) is 0 Å². The van der Waals surface area contributed by atoms with Gasteiger partial charge < -0.3 is 14.3 Å². The smallest absolute Gasteiger partial charge is 0.242 e. The Morgan fingerprint density at radius 3 is 2.70 bits per heavy atom. The Hall–Kier alpha value is -0.920.